The Kier molecular flexibility index (Phi) is 8.04. The highest BCUT2D eigenvalue weighted by atomic mass is 16.1. The van der Waals surface area contributed by atoms with E-state index in [1.807, 2.05) is 31.2 Å². The Hall–Kier alpha value is -2.04. The van der Waals surface area contributed by atoms with E-state index in [0.717, 1.165) is 30.6 Å². The molecular weight excluding hydrogens is 276 g/mol. The van der Waals surface area contributed by atoms with Gasteiger partial charge in [-0.2, -0.15) is 0 Å². The lowest BCUT2D eigenvalue weighted by atomic mass is 10.1. The number of nitrogens with one attached hydrogen (secondary N) is 2. The van der Waals surface area contributed by atoms with Crippen LogP contribution in [0.5, 0.6) is 0 Å². The molecule has 5 heteroatoms. The molecule has 0 bridgehead atoms. The van der Waals surface area contributed by atoms with E-state index >= 15 is 0 Å². The largest absolute Gasteiger partial charge is 0.370 e. The van der Waals surface area contributed by atoms with Crippen molar-refractivity contribution in [3.8, 4) is 0 Å². The molecule has 1 amide bonds. The van der Waals surface area contributed by atoms with Gasteiger partial charge in [-0.25, -0.2) is 4.99 Å². The van der Waals surface area contributed by atoms with Crippen LogP contribution in [0.3, 0.4) is 0 Å². The van der Waals surface area contributed by atoms with Gasteiger partial charge in [0.2, 0.25) is 5.91 Å². The Balaban J connectivity index is 2.50. The van der Waals surface area contributed by atoms with Gasteiger partial charge in [0.05, 0.1) is 6.54 Å². The standard InChI is InChI=1S/C17H28N4O/c1-4-6-16(22)21-15-8-5-7-14(11-15)12-20-17(18)19-10-9-13(2)3/h5,7-8,11,13H,4,6,9-10,12H2,1-3H3,(H,21,22)(H3,18,19,20). The molecular formula is C17H28N4O. The lowest BCUT2D eigenvalue weighted by molar-refractivity contribution is -0.116. The smallest absolute Gasteiger partial charge is 0.224 e. The van der Waals surface area contributed by atoms with Crippen molar-refractivity contribution in [3.63, 3.8) is 0 Å². The van der Waals surface area contributed by atoms with Gasteiger partial charge in [-0.15, -0.1) is 0 Å². The molecule has 5 nitrogen and oxygen atoms in total. The van der Waals surface area contributed by atoms with Crippen molar-refractivity contribution < 1.29 is 4.79 Å². The van der Waals surface area contributed by atoms with Crippen molar-refractivity contribution in [1.82, 2.24) is 5.32 Å². The molecule has 1 aromatic rings. The molecule has 0 saturated carbocycles. The summed E-state index contributed by atoms with van der Waals surface area (Å²) >= 11 is 0. The first-order valence-electron chi connectivity index (χ1n) is 7.93. The van der Waals surface area contributed by atoms with Gasteiger partial charge in [0.25, 0.3) is 0 Å². The molecule has 1 aromatic carbocycles. The van der Waals surface area contributed by atoms with E-state index < -0.39 is 0 Å². The van der Waals surface area contributed by atoms with E-state index in [1.54, 1.807) is 0 Å². The number of hydrogen-bond donors (Lipinski definition) is 3. The molecule has 0 aromatic heterocycles. The summed E-state index contributed by atoms with van der Waals surface area (Å²) in [5, 5.41) is 5.99. The molecule has 4 N–H and O–H groups in total. The molecule has 0 spiro atoms. The SMILES string of the molecule is CCCC(=O)Nc1cccc(CN=C(N)NCCC(C)C)c1. The van der Waals surface area contributed by atoms with Crippen LogP contribution in [0.2, 0.25) is 0 Å². The van der Waals surface area contributed by atoms with Crippen LogP contribution in [0.4, 0.5) is 5.69 Å². The first-order chi connectivity index (χ1) is 10.5. The predicted molar refractivity (Wildman–Crippen MR) is 92.8 cm³/mol. The number of rotatable bonds is 8. The molecule has 0 aliphatic rings. The Morgan fingerprint density at radius 3 is 2.82 bits per heavy atom. The molecule has 0 atom stereocenters. The van der Waals surface area contributed by atoms with E-state index in [9.17, 15) is 4.79 Å². The molecule has 0 radical (unpaired) electrons. The topological polar surface area (TPSA) is 79.5 Å². The Labute approximate surface area is 133 Å². The summed E-state index contributed by atoms with van der Waals surface area (Å²) in [5.41, 5.74) is 7.66. The van der Waals surface area contributed by atoms with Crippen LogP contribution in [0.15, 0.2) is 29.3 Å². The van der Waals surface area contributed by atoms with Crippen LogP contribution in [0.25, 0.3) is 0 Å². The van der Waals surface area contributed by atoms with Crippen LogP contribution in [0.1, 0.15) is 45.6 Å². The highest BCUT2D eigenvalue weighted by molar-refractivity contribution is 5.90. The number of nitrogens with two attached hydrogens (primary N) is 1. The zero-order valence-electron chi connectivity index (χ0n) is 13.9. The van der Waals surface area contributed by atoms with E-state index in [4.69, 9.17) is 5.73 Å². The highest BCUT2D eigenvalue weighted by Crippen LogP contribution is 2.12. The maximum atomic E-state index is 11.6. The average Bonchev–Trinajstić information content (AvgIpc) is 2.45. The fourth-order valence-corrected chi connectivity index (χ4v) is 1.92. The third-order valence-electron chi connectivity index (χ3n) is 3.15. The summed E-state index contributed by atoms with van der Waals surface area (Å²) in [6, 6.07) is 7.69. The van der Waals surface area contributed by atoms with Crippen LogP contribution in [-0.2, 0) is 11.3 Å². The van der Waals surface area contributed by atoms with Crippen LogP contribution < -0.4 is 16.4 Å². The fraction of sp³-hybridized carbons (Fsp3) is 0.529. The number of carbonyl (C=O) groups excluding carboxylic acids is 1. The number of nitrogens with zero attached hydrogens (tertiary/aromatic N) is 1. The van der Waals surface area contributed by atoms with Gasteiger partial charge in [-0.1, -0.05) is 32.9 Å². The lowest BCUT2D eigenvalue weighted by Crippen LogP contribution is -2.32. The maximum Gasteiger partial charge on any atom is 0.224 e. The molecule has 0 aliphatic heterocycles. The molecule has 0 saturated heterocycles. The van der Waals surface area contributed by atoms with Gasteiger partial charge in [-0.05, 0) is 36.5 Å². The summed E-state index contributed by atoms with van der Waals surface area (Å²) in [4.78, 5) is 15.9. The molecule has 122 valence electrons. The normalized spacial score (nSPS) is 11.5. The summed E-state index contributed by atoms with van der Waals surface area (Å²) in [6.07, 6.45) is 2.44. The Bertz CT molecular complexity index is 497. The number of hydrogen-bond acceptors (Lipinski definition) is 2. The first-order valence-corrected chi connectivity index (χ1v) is 7.93. The maximum absolute atomic E-state index is 11.6. The van der Waals surface area contributed by atoms with E-state index in [-0.39, 0.29) is 5.91 Å². The van der Waals surface area contributed by atoms with Gasteiger partial charge in [0.1, 0.15) is 0 Å². The summed E-state index contributed by atoms with van der Waals surface area (Å²) in [5.74, 6) is 1.14. The van der Waals surface area contributed by atoms with Crippen LogP contribution in [-0.4, -0.2) is 18.4 Å². The number of amides is 1. The van der Waals surface area contributed by atoms with Crippen molar-refractivity contribution in [2.24, 2.45) is 16.6 Å². The summed E-state index contributed by atoms with van der Waals surface area (Å²) < 4.78 is 0. The van der Waals surface area contributed by atoms with Crippen molar-refractivity contribution >= 4 is 17.6 Å². The monoisotopic (exact) mass is 304 g/mol. The number of anilines is 1. The summed E-state index contributed by atoms with van der Waals surface area (Å²) in [6.45, 7) is 7.67. The second-order valence-electron chi connectivity index (χ2n) is 5.81. The lowest BCUT2D eigenvalue weighted by Gasteiger charge is -2.08. The summed E-state index contributed by atoms with van der Waals surface area (Å²) in [7, 11) is 0. The first kappa shape index (κ1) is 18.0. The minimum absolute atomic E-state index is 0.0398. The van der Waals surface area contributed by atoms with Gasteiger partial charge in [0, 0.05) is 18.7 Å². The van der Waals surface area contributed by atoms with Crippen molar-refractivity contribution in [3.05, 3.63) is 29.8 Å². The van der Waals surface area contributed by atoms with Crippen molar-refractivity contribution in [1.29, 1.82) is 0 Å². The number of carbonyl (C=O) groups is 1. The van der Waals surface area contributed by atoms with E-state index in [0.29, 0.717) is 24.8 Å². The molecule has 0 heterocycles. The Morgan fingerprint density at radius 1 is 1.36 bits per heavy atom. The molecule has 1 rings (SSSR count). The van der Waals surface area contributed by atoms with Gasteiger partial charge in [-0.3, -0.25) is 4.79 Å². The fourth-order valence-electron chi connectivity index (χ4n) is 1.92. The minimum atomic E-state index is 0.0398. The van der Waals surface area contributed by atoms with Crippen LogP contribution >= 0.6 is 0 Å². The van der Waals surface area contributed by atoms with Crippen molar-refractivity contribution in [2.75, 3.05) is 11.9 Å². The predicted octanol–water partition coefficient (Wildman–Crippen LogP) is 2.88. The Morgan fingerprint density at radius 2 is 2.14 bits per heavy atom. The van der Waals surface area contributed by atoms with Gasteiger partial charge < -0.3 is 16.4 Å². The quantitative estimate of drug-likeness (QED) is 0.510. The number of benzene rings is 1. The van der Waals surface area contributed by atoms with Gasteiger partial charge in [0.15, 0.2) is 5.96 Å². The zero-order valence-corrected chi connectivity index (χ0v) is 13.9. The number of guanidine groups is 1. The van der Waals surface area contributed by atoms with E-state index in [1.165, 1.54) is 0 Å². The van der Waals surface area contributed by atoms with Crippen molar-refractivity contribution in [2.45, 2.75) is 46.6 Å². The molecule has 0 aliphatic carbocycles. The minimum Gasteiger partial charge on any atom is -0.370 e. The average molecular weight is 304 g/mol. The van der Waals surface area contributed by atoms with Crippen LogP contribution in [0, 0.1) is 5.92 Å². The molecule has 22 heavy (non-hydrogen) atoms. The highest BCUT2D eigenvalue weighted by Gasteiger charge is 2.01. The second-order valence-corrected chi connectivity index (χ2v) is 5.81. The molecule has 0 unspecified atom stereocenters. The zero-order chi connectivity index (χ0) is 16.4. The number of aliphatic imine (C=N–C) groups is 1. The second kappa shape index (κ2) is 9.82. The van der Waals surface area contributed by atoms with Gasteiger partial charge >= 0.3 is 0 Å². The third-order valence-corrected chi connectivity index (χ3v) is 3.15. The molecule has 0 fully saturated rings. The van der Waals surface area contributed by atoms with E-state index in [2.05, 4.69) is 29.5 Å². The third kappa shape index (κ3) is 7.67.